The molecular formula is C5H12BNO. The van der Waals surface area contributed by atoms with E-state index < -0.39 is 0 Å². The summed E-state index contributed by atoms with van der Waals surface area (Å²) in [7, 11) is 3.21. The molecule has 0 aliphatic carbocycles. The minimum atomic E-state index is 0.234. The average molecular weight is 113 g/mol. The van der Waals surface area contributed by atoms with Crippen LogP contribution in [0.25, 0.3) is 0 Å². The van der Waals surface area contributed by atoms with Gasteiger partial charge < -0.3 is 0 Å². The van der Waals surface area contributed by atoms with Gasteiger partial charge >= 0.3 is 50.3 Å². The first-order chi connectivity index (χ1) is 3.81. The van der Waals surface area contributed by atoms with Gasteiger partial charge in [0.15, 0.2) is 0 Å². The predicted octanol–water partition coefficient (Wildman–Crippen LogP) is 1.19. The van der Waals surface area contributed by atoms with Gasteiger partial charge in [-0.15, -0.1) is 0 Å². The van der Waals surface area contributed by atoms with E-state index in [1.807, 2.05) is 6.92 Å². The van der Waals surface area contributed by atoms with Gasteiger partial charge in [0.1, 0.15) is 0 Å². The fraction of sp³-hybridized carbons (Fsp3) is 1.00. The maximum atomic E-state index is 4.80. The monoisotopic (exact) mass is 113 g/mol. The molecule has 1 unspecified atom stereocenters. The second-order valence-electron chi connectivity index (χ2n) is 1.83. The van der Waals surface area contributed by atoms with Gasteiger partial charge in [-0.2, -0.15) is 0 Å². The third kappa shape index (κ3) is 3.84. The Labute approximate surface area is 51.3 Å². The Balaban J connectivity index is 3.03. The summed E-state index contributed by atoms with van der Waals surface area (Å²) in [5.74, 6) is 0. The van der Waals surface area contributed by atoms with Gasteiger partial charge in [0.25, 0.3) is 0 Å². The van der Waals surface area contributed by atoms with Crippen molar-refractivity contribution in [2.45, 2.75) is 32.8 Å². The summed E-state index contributed by atoms with van der Waals surface area (Å²) in [6, 6.07) is 0. The molecule has 0 bridgehead atoms. The number of rotatable bonds is 4. The molecule has 0 amide bonds. The second kappa shape index (κ2) is 4.81. The van der Waals surface area contributed by atoms with Crippen molar-refractivity contribution in [2.75, 3.05) is 0 Å². The van der Waals surface area contributed by atoms with Gasteiger partial charge in [-0.1, -0.05) is 0 Å². The van der Waals surface area contributed by atoms with Crippen LogP contribution in [-0.4, -0.2) is 13.7 Å². The summed E-state index contributed by atoms with van der Waals surface area (Å²) < 4.78 is 0. The van der Waals surface area contributed by atoms with E-state index in [1.165, 1.54) is 0 Å². The van der Waals surface area contributed by atoms with E-state index in [0.29, 0.717) is 0 Å². The number of nitrogens with zero attached hydrogens (tertiary/aromatic N) is 1. The molecule has 0 saturated heterocycles. The van der Waals surface area contributed by atoms with Crippen LogP contribution in [-0.2, 0) is 4.84 Å². The molecule has 0 N–H and O–H groups in total. The van der Waals surface area contributed by atoms with Crippen LogP contribution in [0.15, 0.2) is 5.06 Å². The summed E-state index contributed by atoms with van der Waals surface area (Å²) in [4.78, 5) is 4.80. The van der Waals surface area contributed by atoms with Crippen LogP contribution in [0.4, 0.5) is 0 Å². The topological polar surface area (TPSA) is 21.6 Å². The van der Waals surface area contributed by atoms with Gasteiger partial charge in [0.2, 0.25) is 0 Å². The molecular weight excluding hydrogens is 101 g/mol. The molecule has 0 aliphatic heterocycles. The minimum absolute atomic E-state index is 0.234. The van der Waals surface area contributed by atoms with Crippen LogP contribution in [0.3, 0.4) is 0 Å². The van der Waals surface area contributed by atoms with Crippen molar-refractivity contribution in [1.29, 1.82) is 0 Å². The van der Waals surface area contributed by atoms with Crippen molar-refractivity contribution in [2.24, 2.45) is 5.06 Å². The Kier molecular flexibility index (Phi) is 4.61. The van der Waals surface area contributed by atoms with Crippen molar-refractivity contribution >= 4 is 7.64 Å². The molecule has 0 radical (unpaired) electrons. The van der Waals surface area contributed by atoms with Crippen LogP contribution >= 0.6 is 0 Å². The van der Waals surface area contributed by atoms with Gasteiger partial charge in [-0.3, -0.25) is 0 Å². The van der Waals surface area contributed by atoms with Gasteiger partial charge in [0, 0.05) is 0 Å². The van der Waals surface area contributed by atoms with Gasteiger partial charge in [-0.25, -0.2) is 0 Å². The van der Waals surface area contributed by atoms with Gasteiger partial charge in [0.05, 0.1) is 0 Å². The summed E-state index contributed by atoms with van der Waals surface area (Å²) >= 11 is 0. The summed E-state index contributed by atoms with van der Waals surface area (Å²) in [5, 5.41) is 3.30. The Hall–Kier alpha value is -0.335. The Morgan fingerprint density at radius 1 is 1.75 bits per heavy atom. The van der Waals surface area contributed by atoms with E-state index in [-0.39, 0.29) is 6.10 Å². The standard InChI is InChI=1S/C5H12BNO/c1-3-4-5(2)8-7-6/h5-6H,3-4H2,1-2H3. The van der Waals surface area contributed by atoms with Crippen LogP contribution in [0, 0.1) is 0 Å². The molecule has 0 aromatic carbocycles. The molecule has 1 atom stereocenters. The summed E-state index contributed by atoms with van der Waals surface area (Å²) in [5.41, 5.74) is 0. The molecule has 46 valence electrons. The third-order valence-electron chi connectivity index (χ3n) is 0.950. The van der Waals surface area contributed by atoms with E-state index in [2.05, 4.69) is 19.6 Å². The van der Waals surface area contributed by atoms with E-state index >= 15 is 0 Å². The fourth-order valence-corrected chi connectivity index (χ4v) is 0.586. The zero-order valence-corrected chi connectivity index (χ0v) is 5.55. The van der Waals surface area contributed by atoms with Crippen molar-refractivity contribution in [3.05, 3.63) is 0 Å². The molecule has 0 heterocycles. The molecule has 0 saturated carbocycles. The molecule has 2 nitrogen and oxygen atoms in total. The van der Waals surface area contributed by atoms with Crippen LogP contribution < -0.4 is 0 Å². The second-order valence-corrected chi connectivity index (χ2v) is 1.83. The zero-order chi connectivity index (χ0) is 6.41. The molecule has 0 spiro atoms. The maximum absolute atomic E-state index is 4.80. The Morgan fingerprint density at radius 2 is 2.38 bits per heavy atom. The third-order valence-corrected chi connectivity index (χ3v) is 0.950. The van der Waals surface area contributed by atoms with E-state index in [9.17, 15) is 0 Å². The summed E-state index contributed by atoms with van der Waals surface area (Å²) in [6.45, 7) is 4.10. The molecule has 0 aromatic rings. The van der Waals surface area contributed by atoms with Crippen LogP contribution in [0.1, 0.15) is 26.7 Å². The molecule has 0 aliphatic rings. The Morgan fingerprint density at radius 3 is 2.75 bits per heavy atom. The number of hydrogen-bond acceptors (Lipinski definition) is 2. The van der Waals surface area contributed by atoms with E-state index in [0.717, 1.165) is 12.8 Å². The van der Waals surface area contributed by atoms with Crippen molar-refractivity contribution < 1.29 is 4.84 Å². The van der Waals surface area contributed by atoms with Crippen LogP contribution in [0.2, 0.25) is 0 Å². The fourth-order valence-electron chi connectivity index (χ4n) is 0.586. The van der Waals surface area contributed by atoms with Crippen molar-refractivity contribution in [3.63, 3.8) is 0 Å². The van der Waals surface area contributed by atoms with Gasteiger partial charge in [-0.05, 0) is 0 Å². The zero-order valence-electron chi connectivity index (χ0n) is 5.55. The molecule has 0 aromatic heterocycles. The first-order valence-corrected chi connectivity index (χ1v) is 2.93. The molecule has 3 heteroatoms. The molecule has 0 fully saturated rings. The quantitative estimate of drug-likeness (QED) is 0.396. The van der Waals surface area contributed by atoms with Crippen LogP contribution in [0.5, 0.6) is 0 Å². The van der Waals surface area contributed by atoms with Crippen molar-refractivity contribution in [1.82, 2.24) is 0 Å². The normalized spacial score (nSPS) is 12.6. The SMILES string of the molecule is B=NOC(C)CCC. The summed E-state index contributed by atoms with van der Waals surface area (Å²) in [6.07, 6.45) is 2.42. The number of hydrogen-bond donors (Lipinski definition) is 0. The molecule has 0 rings (SSSR count). The average Bonchev–Trinajstić information content (AvgIpc) is 1.68. The molecule has 8 heavy (non-hydrogen) atoms. The van der Waals surface area contributed by atoms with Crippen molar-refractivity contribution in [3.8, 4) is 0 Å². The first kappa shape index (κ1) is 7.66. The first-order valence-electron chi connectivity index (χ1n) is 2.93. The van der Waals surface area contributed by atoms with E-state index in [1.54, 1.807) is 0 Å². The Bertz CT molecular complexity index is 67.4. The predicted molar refractivity (Wildman–Crippen MR) is 35.0 cm³/mol. The van der Waals surface area contributed by atoms with E-state index in [4.69, 9.17) is 4.84 Å².